The Kier molecular flexibility index (Phi) is 3.05. The number of hydrogen-bond acceptors (Lipinski definition) is 2. The lowest BCUT2D eigenvalue weighted by Crippen LogP contribution is -1.85. The smallest absolute Gasteiger partial charge is 0.293 e. The van der Waals surface area contributed by atoms with Gasteiger partial charge in [-0.1, -0.05) is 42.5 Å². The molecule has 4 heteroatoms. The van der Waals surface area contributed by atoms with Crippen molar-refractivity contribution in [3.05, 3.63) is 65.8 Å². The molecule has 1 aromatic heterocycles. The van der Waals surface area contributed by atoms with Gasteiger partial charge >= 0.3 is 0 Å². The molecule has 1 heterocycles. The lowest BCUT2D eigenvalue weighted by molar-refractivity contribution is 0.564. The molecule has 3 aromatic rings. The Morgan fingerprint density at radius 3 is 2.37 bits per heavy atom. The largest absolute Gasteiger partial charge is 0.427 e. The lowest BCUT2D eigenvalue weighted by Gasteiger charge is -2.02. The summed E-state index contributed by atoms with van der Waals surface area (Å²) in [6.45, 7) is 0. The summed E-state index contributed by atoms with van der Waals surface area (Å²) < 4.78 is 19.2. The molecule has 0 aliphatic carbocycles. The molecular formula is C15H9ClFNO. The van der Waals surface area contributed by atoms with E-state index in [0.29, 0.717) is 17.0 Å². The maximum Gasteiger partial charge on any atom is 0.293 e. The topological polar surface area (TPSA) is 26.0 Å². The van der Waals surface area contributed by atoms with Crippen LogP contribution in [0.5, 0.6) is 0 Å². The highest BCUT2D eigenvalue weighted by molar-refractivity contribution is 6.28. The molecule has 2 aromatic carbocycles. The van der Waals surface area contributed by atoms with E-state index in [1.807, 2.05) is 30.3 Å². The number of nitrogens with zero attached hydrogens (tertiary/aromatic N) is 1. The highest BCUT2D eigenvalue weighted by Crippen LogP contribution is 2.35. The zero-order chi connectivity index (χ0) is 13.2. The summed E-state index contributed by atoms with van der Waals surface area (Å²) in [7, 11) is 0. The van der Waals surface area contributed by atoms with Crippen LogP contribution >= 0.6 is 11.6 Å². The Balaban J connectivity index is 2.21. The molecule has 0 spiro atoms. The van der Waals surface area contributed by atoms with Crippen LogP contribution < -0.4 is 0 Å². The van der Waals surface area contributed by atoms with E-state index in [-0.39, 0.29) is 11.2 Å². The quantitative estimate of drug-likeness (QED) is 0.670. The van der Waals surface area contributed by atoms with Crippen LogP contribution in [0.25, 0.3) is 22.6 Å². The predicted molar refractivity (Wildman–Crippen MR) is 72.3 cm³/mol. The van der Waals surface area contributed by atoms with Crippen molar-refractivity contribution in [2.24, 2.45) is 0 Å². The number of halogens is 2. The van der Waals surface area contributed by atoms with Gasteiger partial charge in [-0.05, 0) is 23.7 Å². The molecule has 0 radical (unpaired) electrons. The molecule has 0 atom stereocenters. The third kappa shape index (κ3) is 2.25. The molecule has 0 amide bonds. The fraction of sp³-hybridized carbons (Fsp3) is 0. The second-order valence-electron chi connectivity index (χ2n) is 3.99. The summed E-state index contributed by atoms with van der Waals surface area (Å²) in [6, 6.07) is 15.8. The Morgan fingerprint density at radius 2 is 1.63 bits per heavy atom. The van der Waals surface area contributed by atoms with Crippen LogP contribution in [0.1, 0.15) is 0 Å². The minimum absolute atomic E-state index is 0.00268. The van der Waals surface area contributed by atoms with Crippen molar-refractivity contribution in [2.45, 2.75) is 0 Å². The average Bonchev–Trinajstić information content (AvgIpc) is 2.82. The number of benzene rings is 2. The molecule has 0 bridgehead atoms. The zero-order valence-corrected chi connectivity index (χ0v) is 10.6. The van der Waals surface area contributed by atoms with Gasteiger partial charge in [0.2, 0.25) is 0 Å². The molecule has 0 aliphatic rings. The van der Waals surface area contributed by atoms with Crippen molar-refractivity contribution in [3.63, 3.8) is 0 Å². The molecule has 0 fully saturated rings. The van der Waals surface area contributed by atoms with E-state index in [4.69, 9.17) is 16.0 Å². The molecule has 3 rings (SSSR count). The van der Waals surface area contributed by atoms with Crippen molar-refractivity contribution in [2.75, 3.05) is 0 Å². The van der Waals surface area contributed by atoms with Gasteiger partial charge < -0.3 is 4.42 Å². The van der Waals surface area contributed by atoms with Gasteiger partial charge in [-0.25, -0.2) is 4.39 Å². The van der Waals surface area contributed by atoms with E-state index in [2.05, 4.69) is 4.98 Å². The van der Waals surface area contributed by atoms with Crippen molar-refractivity contribution >= 4 is 11.6 Å². The van der Waals surface area contributed by atoms with Crippen LogP contribution in [-0.4, -0.2) is 4.98 Å². The van der Waals surface area contributed by atoms with Crippen LogP contribution in [0.2, 0.25) is 5.35 Å². The standard InChI is InChI=1S/C15H9ClFNO/c16-15-18-13(10-6-2-1-3-7-10)14(19-15)11-8-4-5-9-12(11)17/h1-9H. The van der Waals surface area contributed by atoms with Gasteiger partial charge in [-0.3, -0.25) is 0 Å². The maximum absolute atomic E-state index is 13.8. The number of oxazole rings is 1. The summed E-state index contributed by atoms with van der Waals surface area (Å²) in [6.07, 6.45) is 0. The van der Waals surface area contributed by atoms with Crippen molar-refractivity contribution in [3.8, 4) is 22.6 Å². The fourth-order valence-corrected chi connectivity index (χ4v) is 2.08. The highest BCUT2D eigenvalue weighted by Gasteiger charge is 2.18. The summed E-state index contributed by atoms with van der Waals surface area (Å²) >= 11 is 5.82. The SMILES string of the molecule is Fc1ccccc1-c1oc(Cl)nc1-c1ccccc1. The van der Waals surface area contributed by atoms with Gasteiger partial charge in [0.25, 0.3) is 5.35 Å². The first-order valence-corrected chi connectivity index (χ1v) is 6.10. The van der Waals surface area contributed by atoms with Gasteiger partial charge in [0.05, 0.1) is 5.56 Å². The number of hydrogen-bond donors (Lipinski definition) is 0. The second kappa shape index (κ2) is 4.86. The van der Waals surface area contributed by atoms with E-state index in [1.165, 1.54) is 6.07 Å². The monoisotopic (exact) mass is 273 g/mol. The van der Waals surface area contributed by atoms with Crippen LogP contribution in [-0.2, 0) is 0 Å². The Morgan fingerprint density at radius 1 is 0.947 bits per heavy atom. The fourth-order valence-electron chi connectivity index (χ4n) is 1.91. The lowest BCUT2D eigenvalue weighted by atomic mass is 10.1. The van der Waals surface area contributed by atoms with Crippen LogP contribution in [0.15, 0.2) is 59.0 Å². The molecule has 0 saturated heterocycles. The minimum Gasteiger partial charge on any atom is -0.427 e. The third-order valence-corrected chi connectivity index (χ3v) is 2.93. The van der Waals surface area contributed by atoms with Crippen molar-refractivity contribution in [1.29, 1.82) is 0 Å². The van der Waals surface area contributed by atoms with E-state index in [9.17, 15) is 4.39 Å². The highest BCUT2D eigenvalue weighted by atomic mass is 35.5. The Bertz CT molecular complexity index is 709. The summed E-state index contributed by atoms with van der Waals surface area (Å²) in [5.41, 5.74) is 1.72. The first-order valence-electron chi connectivity index (χ1n) is 5.72. The van der Waals surface area contributed by atoms with Gasteiger partial charge in [0.15, 0.2) is 5.76 Å². The molecule has 0 unspecified atom stereocenters. The number of aromatic nitrogens is 1. The molecule has 0 aliphatic heterocycles. The zero-order valence-electron chi connectivity index (χ0n) is 9.81. The summed E-state index contributed by atoms with van der Waals surface area (Å²) in [4.78, 5) is 4.13. The van der Waals surface area contributed by atoms with Crippen LogP contribution in [0.4, 0.5) is 4.39 Å². The minimum atomic E-state index is -0.368. The average molecular weight is 274 g/mol. The van der Waals surface area contributed by atoms with Gasteiger partial charge in [-0.15, -0.1) is 0 Å². The number of rotatable bonds is 2. The normalized spacial score (nSPS) is 10.6. The molecular weight excluding hydrogens is 265 g/mol. The van der Waals surface area contributed by atoms with E-state index in [1.54, 1.807) is 18.2 Å². The van der Waals surface area contributed by atoms with Crippen molar-refractivity contribution in [1.82, 2.24) is 4.98 Å². The molecule has 2 nitrogen and oxygen atoms in total. The summed E-state index contributed by atoms with van der Waals surface area (Å²) in [5.74, 6) is -0.0261. The molecule has 0 saturated carbocycles. The van der Waals surface area contributed by atoms with Gasteiger partial charge in [-0.2, -0.15) is 4.98 Å². The maximum atomic E-state index is 13.8. The predicted octanol–water partition coefficient (Wildman–Crippen LogP) is 4.80. The first-order chi connectivity index (χ1) is 9.25. The third-order valence-electron chi connectivity index (χ3n) is 2.77. The van der Waals surface area contributed by atoms with Gasteiger partial charge in [0.1, 0.15) is 11.5 Å². The van der Waals surface area contributed by atoms with E-state index in [0.717, 1.165) is 5.56 Å². The second-order valence-corrected chi connectivity index (χ2v) is 4.31. The molecule has 19 heavy (non-hydrogen) atoms. The van der Waals surface area contributed by atoms with Crippen LogP contribution in [0.3, 0.4) is 0 Å². The van der Waals surface area contributed by atoms with Gasteiger partial charge in [0, 0.05) is 5.56 Å². The molecule has 0 N–H and O–H groups in total. The van der Waals surface area contributed by atoms with Crippen LogP contribution in [0, 0.1) is 5.82 Å². The Hall–Kier alpha value is -2.13. The van der Waals surface area contributed by atoms with Crippen molar-refractivity contribution < 1.29 is 8.81 Å². The van der Waals surface area contributed by atoms with E-state index >= 15 is 0 Å². The Labute approximate surface area is 114 Å². The van der Waals surface area contributed by atoms with E-state index < -0.39 is 0 Å². The molecule has 94 valence electrons. The summed E-state index contributed by atoms with van der Waals surface area (Å²) in [5, 5.41) is -0.00268. The first kappa shape index (κ1) is 11.9.